The van der Waals surface area contributed by atoms with E-state index in [4.69, 9.17) is 33.0 Å². The third-order valence-corrected chi connectivity index (χ3v) is 2.75. The van der Waals surface area contributed by atoms with Gasteiger partial charge in [-0.3, -0.25) is 0 Å². The number of carboxylic acids is 1. The number of benzene rings is 1. The number of hydrogen-bond acceptors (Lipinski definition) is 2. The Morgan fingerprint density at radius 1 is 1.50 bits per heavy atom. The highest BCUT2D eigenvalue weighted by atomic mass is 35.5. The highest BCUT2D eigenvalue weighted by Gasteiger charge is 2.06. The summed E-state index contributed by atoms with van der Waals surface area (Å²) in [5.41, 5.74) is 2.81. The molecule has 0 amide bonds. The smallest absolute Gasteiger partial charge is 0.328 e. The van der Waals surface area contributed by atoms with Crippen LogP contribution in [0, 0.1) is 0 Å². The van der Waals surface area contributed by atoms with Gasteiger partial charge in [0.1, 0.15) is 12.4 Å². The number of halogens is 2. The molecule has 5 heteroatoms. The van der Waals surface area contributed by atoms with Gasteiger partial charge in [0, 0.05) is 17.2 Å². The van der Waals surface area contributed by atoms with Crippen LogP contribution in [0.5, 0.6) is 5.75 Å². The fourth-order valence-electron chi connectivity index (χ4n) is 1.18. The lowest BCUT2D eigenvalue weighted by atomic mass is 10.2. The second-order valence-corrected chi connectivity index (χ2v) is 4.19. The first kappa shape index (κ1) is 14.6. The summed E-state index contributed by atoms with van der Waals surface area (Å²) in [7, 11) is 0. The van der Waals surface area contributed by atoms with Gasteiger partial charge < -0.3 is 9.84 Å². The van der Waals surface area contributed by atoms with E-state index in [2.05, 4.69) is 0 Å². The van der Waals surface area contributed by atoms with Gasteiger partial charge >= 0.3 is 5.97 Å². The number of rotatable bonds is 5. The summed E-state index contributed by atoms with van der Waals surface area (Å²) >= 11 is 11.5. The molecule has 0 heterocycles. The van der Waals surface area contributed by atoms with Crippen molar-refractivity contribution in [2.24, 2.45) is 0 Å². The first-order valence-electron chi connectivity index (χ1n) is 5.12. The molecular weight excluding hydrogens is 275 g/mol. The standard InChI is InChI=1S/C13H12Cl2O3/c1-9(7-14)8-18-12-4-2-3-11(15)10(12)5-6-13(16)17/h2-7H,8H2,1H3,(H,16,17)/b6-5+,9-7-. The number of carboxylic acid groups (broad SMARTS) is 1. The van der Waals surface area contributed by atoms with E-state index < -0.39 is 5.97 Å². The van der Waals surface area contributed by atoms with Crippen molar-refractivity contribution in [1.29, 1.82) is 0 Å². The van der Waals surface area contributed by atoms with Crippen LogP contribution in [0.1, 0.15) is 12.5 Å². The van der Waals surface area contributed by atoms with Crippen molar-refractivity contribution in [3.63, 3.8) is 0 Å². The minimum absolute atomic E-state index is 0.317. The maximum Gasteiger partial charge on any atom is 0.328 e. The Labute approximate surface area is 115 Å². The number of hydrogen-bond donors (Lipinski definition) is 1. The van der Waals surface area contributed by atoms with Crippen molar-refractivity contribution in [2.75, 3.05) is 6.61 Å². The van der Waals surface area contributed by atoms with Gasteiger partial charge in [0.2, 0.25) is 0 Å². The molecular formula is C13H12Cl2O3. The molecule has 3 nitrogen and oxygen atoms in total. The fourth-order valence-corrected chi connectivity index (χ4v) is 1.47. The van der Waals surface area contributed by atoms with Crippen molar-refractivity contribution in [3.05, 3.63) is 46.0 Å². The Hall–Kier alpha value is -1.45. The summed E-state index contributed by atoms with van der Waals surface area (Å²) in [6.07, 6.45) is 2.41. The summed E-state index contributed by atoms with van der Waals surface area (Å²) in [5.74, 6) is -0.532. The molecule has 96 valence electrons. The van der Waals surface area contributed by atoms with E-state index in [0.29, 0.717) is 22.9 Å². The second kappa shape index (κ2) is 7.09. The highest BCUT2D eigenvalue weighted by molar-refractivity contribution is 6.32. The van der Waals surface area contributed by atoms with E-state index >= 15 is 0 Å². The largest absolute Gasteiger partial charge is 0.489 e. The quantitative estimate of drug-likeness (QED) is 0.834. The average molecular weight is 287 g/mol. The summed E-state index contributed by atoms with van der Waals surface area (Å²) in [6, 6.07) is 5.12. The van der Waals surface area contributed by atoms with E-state index in [1.54, 1.807) is 18.2 Å². The van der Waals surface area contributed by atoms with Crippen LogP contribution in [0.15, 0.2) is 35.4 Å². The molecule has 0 saturated heterocycles. The topological polar surface area (TPSA) is 46.5 Å². The van der Waals surface area contributed by atoms with Gasteiger partial charge in [0.25, 0.3) is 0 Å². The van der Waals surface area contributed by atoms with Crippen LogP contribution in [0.3, 0.4) is 0 Å². The molecule has 0 bridgehead atoms. The van der Waals surface area contributed by atoms with Crippen LogP contribution in [-0.4, -0.2) is 17.7 Å². The lowest BCUT2D eigenvalue weighted by Crippen LogP contribution is -2.00. The molecule has 1 aromatic rings. The second-order valence-electron chi connectivity index (χ2n) is 3.57. The molecule has 0 spiro atoms. The molecule has 0 radical (unpaired) electrons. The molecule has 0 aromatic heterocycles. The molecule has 0 unspecified atom stereocenters. The highest BCUT2D eigenvalue weighted by Crippen LogP contribution is 2.28. The summed E-state index contributed by atoms with van der Waals surface area (Å²) in [6.45, 7) is 2.14. The predicted octanol–water partition coefficient (Wildman–Crippen LogP) is 3.96. The zero-order valence-corrected chi connectivity index (χ0v) is 11.2. The first-order chi connectivity index (χ1) is 8.54. The monoisotopic (exact) mass is 286 g/mol. The average Bonchev–Trinajstić information content (AvgIpc) is 2.34. The number of carbonyl (C=O) groups is 1. The number of aliphatic carboxylic acids is 1. The molecule has 0 aliphatic rings. The van der Waals surface area contributed by atoms with E-state index in [0.717, 1.165) is 11.6 Å². The van der Waals surface area contributed by atoms with Crippen LogP contribution in [0.4, 0.5) is 0 Å². The molecule has 1 aromatic carbocycles. The van der Waals surface area contributed by atoms with E-state index in [-0.39, 0.29) is 0 Å². The Morgan fingerprint density at radius 2 is 2.22 bits per heavy atom. The van der Waals surface area contributed by atoms with Crippen molar-refractivity contribution in [2.45, 2.75) is 6.92 Å². The van der Waals surface area contributed by atoms with Gasteiger partial charge in [-0.1, -0.05) is 29.3 Å². The van der Waals surface area contributed by atoms with Crippen molar-refractivity contribution in [1.82, 2.24) is 0 Å². The summed E-state index contributed by atoms with van der Waals surface area (Å²) in [4.78, 5) is 10.5. The lowest BCUT2D eigenvalue weighted by molar-refractivity contribution is -0.131. The van der Waals surface area contributed by atoms with Gasteiger partial charge in [-0.15, -0.1) is 0 Å². The van der Waals surface area contributed by atoms with Crippen molar-refractivity contribution < 1.29 is 14.6 Å². The molecule has 1 rings (SSSR count). The maximum absolute atomic E-state index is 10.5. The van der Waals surface area contributed by atoms with Crippen molar-refractivity contribution in [3.8, 4) is 5.75 Å². The first-order valence-corrected chi connectivity index (χ1v) is 5.94. The van der Waals surface area contributed by atoms with Gasteiger partial charge in [0.15, 0.2) is 0 Å². The lowest BCUT2D eigenvalue weighted by Gasteiger charge is -2.10. The maximum atomic E-state index is 10.5. The number of ether oxygens (including phenoxy) is 1. The van der Waals surface area contributed by atoms with Gasteiger partial charge in [-0.2, -0.15) is 0 Å². The van der Waals surface area contributed by atoms with Gasteiger partial charge in [-0.25, -0.2) is 4.79 Å². The van der Waals surface area contributed by atoms with Gasteiger partial charge in [-0.05, 0) is 30.7 Å². The summed E-state index contributed by atoms with van der Waals surface area (Å²) < 4.78 is 5.52. The zero-order valence-electron chi connectivity index (χ0n) is 9.69. The van der Waals surface area contributed by atoms with Crippen LogP contribution >= 0.6 is 23.2 Å². The Bertz CT molecular complexity index is 493. The fraction of sp³-hybridized carbons (Fsp3) is 0.154. The third-order valence-electron chi connectivity index (χ3n) is 2.05. The van der Waals surface area contributed by atoms with Gasteiger partial charge in [0.05, 0.1) is 5.02 Å². The summed E-state index contributed by atoms with van der Waals surface area (Å²) in [5, 5.41) is 9.04. The molecule has 0 aliphatic carbocycles. The normalized spacial score (nSPS) is 11.8. The Balaban J connectivity index is 2.97. The SMILES string of the molecule is C/C(=C/Cl)COc1cccc(Cl)c1/C=C/C(=O)O. The Morgan fingerprint density at radius 3 is 2.83 bits per heavy atom. The molecule has 0 aliphatic heterocycles. The molecule has 1 N–H and O–H groups in total. The van der Waals surface area contributed by atoms with Crippen LogP contribution in [0.25, 0.3) is 6.08 Å². The minimum atomic E-state index is -1.04. The van der Waals surface area contributed by atoms with Crippen LogP contribution in [0.2, 0.25) is 5.02 Å². The Kier molecular flexibility index (Phi) is 5.75. The molecule has 0 fully saturated rings. The van der Waals surface area contributed by atoms with Crippen molar-refractivity contribution >= 4 is 35.2 Å². The molecule has 18 heavy (non-hydrogen) atoms. The predicted molar refractivity (Wildman–Crippen MR) is 73.2 cm³/mol. The minimum Gasteiger partial charge on any atom is -0.489 e. The zero-order chi connectivity index (χ0) is 13.5. The third kappa shape index (κ3) is 4.43. The van der Waals surface area contributed by atoms with E-state index in [9.17, 15) is 4.79 Å². The van der Waals surface area contributed by atoms with Crippen LogP contribution < -0.4 is 4.74 Å². The molecule has 0 saturated carbocycles. The molecule has 0 atom stereocenters. The van der Waals surface area contributed by atoms with E-state index in [1.807, 2.05) is 6.92 Å². The van der Waals surface area contributed by atoms with E-state index in [1.165, 1.54) is 11.6 Å². The van der Waals surface area contributed by atoms with Crippen LogP contribution in [-0.2, 0) is 4.79 Å².